The highest BCUT2D eigenvalue weighted by Gasteiger charge is 2.36. The van der Waals surface area contributed by atoms with Crippen LogP contribution in [0.3, 0.4) is 0 Å². The molecule has 3 N–H and O–H groups in total. The van der Waals surface area contributed by atoms with E-state index >= 15 is 0 Å². The Morgan fingerprint density at radius 2 is 1.89 bits per heavy atom. The third kappa shape index (κ3) is 3.97. The van der Waals surface area contributed by atoms with Crippen molar-refractivity contribution in [3.63, 3.8) is 0 Å². The van der Waals surface area contributed by atoms with Gasteiger partial charge < -0.3 is 15.7 Å². The highest BCUT2D eigenvalue weighted by molar-refractivity contribution is 6.31. The first-order valence-corrected chi connectivity index (χ1v) is 11.0. The SMILES string of the molecule is N#CCc1cc(NC(=O)N2C[C@@H](O)c3cc(F)ccc32)c2c(c1)C(=O)N[C@@H]2c1cc(F)ccc1Cl. The lowest BCUT2D eigenvalue weighted by Gasteiger charge is -2.22. The number of benzene rings is 3. The molecule has 0 aliphatic carbocycles. The molecule has 2 aliphatic rings. The average molecular weight is 495 g/mol. The first kappa shape index (κ1) is 22.8. The molecule has 7 nitrogen and oxygen atoms in total. The molecule has 0 spiro atoms. The molecule has 0 bridgehead atoms. The van der Waals surface area contributed by atoms with Gasteiger partial charge in [0.15, 0.2) is 0 Å². The van der Waals surface area contributed by atoms with Gasteiger partial charge in [0.05, 0.1) is 36.9 Å². The van der Waals surface area contributed by atoms with E-state index in [1.54, 1.807) is 12.1 Å². The van der Waals surface area contributed by atoms with E-state index in [4.69, 9.17) is 11.6 Å². The van der Waals surface area contributed by atoms with Crippen molar-refractivity contribution in [2.45, 2.75) is 18.6 Å². The average Bonchev–Trinajstić information content (AvgIpc) is 3.32. The molecule has 3 amide bonds. The van der Waals surface area contributed by atoms with Gasteiger partial charge in [-0.25, -0.2) is 13.6 Å². The Labute approximate surface area is 203 Å². The number of aliphatic hydroxyl groups is 1. The molecule has 176 valence electrons. The Balaban J connectivity index is 1.58. The smallest absolute Gasteiger partial charge is 0.326 e. The zero-order valence-corrected chi connectivity index (χ0v) is 18.7. The third-order valence-corrected chi connectivity index (χ3v) is 6.43. The van der Waals surface area contributed by atoms with Crippen molar-refractivity contribution in [3.8, 4) is 6.07 Å². The van der Waals surface area contributed by atoms with Crippen LogP contribution in [-0.4, -0.2) is 23.6 Å². The molecule has 0 saturated carbocycles. The molecule has 0 unspecified atom stereocenters. The van der Waals surface area contributed by atoms with Crippen LogP contribution in [0.1, 0.15) is 44.8 Å². The van der Waals surface area contributed by atoms with E-state index in [1.807, 2.05) is 6.07 Å². The number of urea groups is 1. The molecule has 10 heteroatoms. The van der Waals surface area contributed by atoms with Crippen LogP contribution < -0.4 is 15.5 Å². The number of aliphatic hydroxyl groups excluding tert-OH is 1. The topological polar surface area (TPSA) is 105 Å². The van der Waals surface area contributed by atoms with Gasteiger partial charge in [-0.1, -0.05) is 11.6 Å². The summed E-state index contributed by atoms with van der Waals surface area (Å²) >= 11 is 6.30. The number of nitriles is 1. The fourth-order valence-corrected chi connectivity index (χ4v) is 4.77. The van der Waals surface area contributed by atoms with E-state index in [0.29, 0.717) is 22.4 Å². The van der Waals surface area contributed by atoms with E-state index < -0.39 is 35.7 Å². The van der Waals surface area contributed by atoms with Crippen LogP contribution >= 0.6 is 11.6 Å². The van der Waals surface area contributed by atoms with Crippen LogP contribution in [0, 0.1) is 23.0 Å². The minimum absolute atomic E-state index is 0.0145. The number of β-amino-alcohol motifs (C(OH)–C–C–N with tert-alkyl or cyclic N) is 1. The number of halogens is 3. The van der Waals surface area contributed by atoms with Gasteiger partial charge in [0.1, 0.15) is 11.6 Å². The van der Waals surface area contributed by atoms with Gasteiger partial charge in [-0.15, -0.1) is 0 Å². The summed E-state index contributed by atoms with van der Waals surface area (Å²) in [5, 5.41) is 25.2. The van der Waals surface area contributed by atoms with Gasteiger partial charge >= 0.3 is 6.03 Å². The molecule has 35 heavy (non-hydrogen) atoms. The van der Waals surface area contributed by atoms with Crippen molar-refractivity contribution in [2.75, 3.05) is 16.8 Å². The quantitative estimate of drug-likeness (QED) is 0.494. The number of nitrogens with zero attached hydrogens (tertiary/aromatic N) is 2. The Bertz CT molecular complexity index is 1440. The van der Waals surface area contributed by atoms with Crippen LogP contribution in [0.5, 0.6) is 0 Å². The van der Waals surface area contributed by atoms with E-state index in [0.717, 1.165) is 0 Å². The highest BCUT2D eigenvalue weighted by Crippen LogP contribution is 2.41. The van der Waals surface area contributed by atoms with Crippen LogP contribution in [0.2, 0.25) is 5.02 Å². The first-order valence-electron chi connectivity index (χ1n) is 10.6. The van der Waals surface area contributed by atoms with Gasteiger partial charge in [-0.2, -0.15) is 5.26 Å². The van der Waals surface area contributed by atoms with Crippen LogP contribution in [0.4, 0.5) is 25.0 Å². The Kier molecular flexibility index (Phi) is 5.63. The number of rotatable bonds is 3. The van der Waals surface area contributed by atoms with E-state index in [9.17, 15) is 28.7 Å². The second-order valence-corrected chi connectivity index (χ2v) is 8.68. The van der Waals surface area contributed by atoms with Crippen molar-refractivity contribution in [1.82, 2.24) is 5.32 Å². The molecule has 5 rings (SSSR count). The lowest BCUT2D eigenvalue weighted by atomic mass is 9.94. The fourth-order valence-electron chi connectivity index (χ4n) is 4.54. The number of carbonyl (C=O) groups excluding carboxylic acids is 2. The summed E-state index contributed by atoms with van der Waals surface area (Å²) < 4.78 is 27.7. The number of amides is 3. The maximum atomic E-state index is 14.0. The van der Waals surface area contributed by atoms with Gasteiger partial charge in [-0.3, -0.25) is 9.69 Å². The van der Waals surface area contributed by atoms with Crippen LogP contribution in [0.15, 0.2) is 48.5 Å². The molecule has 3 aromatic rings. The van der Waals surface area contributed by atoms with E-state index in [-0.39, 0.29) is 34.8 Å². The standard InChI is InChI=1S/C25H17ClF2N4O3/c26-18-3-1-13(27)9-15(18)23-22-17(24(34)31-23)7-12(5-6-29)8-19(22)30-25(35)32-11-21(33)16-10-14(28)2-4-20(16)32/h1-4,7-10,21,23,33H,5,11H2,(H,30,35)(H,31,34)/t21-,23-/m1/s1. The van der Waals surface area contributed by atoms with Gasteiger partial charge in [-0.05, 0) is 54.1 Å². The summed E-state index contributed by atoms with van der Waals surface area (Å²) in [6, 6.07) is 11.2. The Morgan fingerprint density at radius 1 is 1.17 bits per heavy atom. The summed E-state index contributed by atoms with van der Waals surface area (Å²) in [6.45, 7) is -0.0962. The fraction of sp³-hybridized carbons (Fsp3) is 0.160. The van der Waals surface area contributed by atoms with Crippen LogP contribution in [-0.2, 0) is 6.42 Å². The largest absolute Gasteiger partial charge is 0.386 e. The van der Waals surface area contributed by atoms with Gasteiger partial charge in [0.25, 0.3) is 5.91 Å². The molecule has 0 radical (unpaired) electrons. The second kappa shape index (κ2) is 8.65. The number of anilines is 2. The molecule has 3 aromatic carbocycles. The highest BCUT2D eigenvalue weighted by atomic mass is 35.5. The number of hydrogen-bond acceptors (Lipinski definition) is 4. The zero-order valence-electron chi connectivity index (χ0n) is 18.0. The van der Waals surface area contributed by atoms with Crippen molar-refractivity contribution in [3.05, 3.63) is 93.0 Å². The predicted octanol–water partition coefficient (Wildman–Crippen LogP) is 4.60. The summed E-state index contributed by atoms with van der Waals surface area (Å²) in [5.41, 5.74) is 2.25. The number of fused-ring (bicyclic) bond motifs is 2. The first-order chi connectivity index (χ1) is 16.8. The minimum Gasteiger partial charge on any atom is -0.386 e. The maximum absolute atomic E-state index is 14.0. The van der Waals surface area contributed by atoms with Crippen molar-refractivity contribution in [2.24, 2.45) is 0 Å². The van der Waals surface area contributed by atoms with Gasteiger partial charge in [0.2, 0.25) is 0 Å². The molecular formula is C25H17ClF2N4O3. The summed E-state index contributed by atoms with van der Waals surface area (Å²) in [5.74, 6) is -1.54. The van der Waals surface area contributed by atoms with Crippen LogP contribution in [0.25, 0.3) is 0 Å². The summed E-state index contributed by atoms with van der Waals surface area (Å²) in [4.78, 5) is 27.3. The zero-order chi connectivity index (χ0) is 24.9. The van der Waals surface area contributed by atoms with Crippen molar-refractivity contribution >= 4 is 34.9 Å². The number of nitrogens with one attached hydrogen (secondary N) is 2. The monoisotopic (exact) mass is 494 g/mol. The summed E-state index contributed by atoms with van der Waals surface area (Å²) in [6.07, 6.45) is -1.08. The van der Waals surface area contributed by atoms with Crippen molar-refractivity contribution in [1.29, 1.82) is 5.26 Å². The molecule has 0 saturated heterocycles. The lowest BCUT2D eigenvalue weighted by molar-refractivity contribution is 0.0960. The summed E-state index contributed by atoms with van der Waals surface area (Å²) in [7, 11) is 0. The molecule has 2 aliphatic heterocycles. The Hall–Kier alpha value is -4.00. The second-order valence-electron chi connectivity index (χ2n) is 8.27. The predicted molar refractivity (Wildman–Crippen MR) is 124 cm³/mol. The lowest BCUT2D eigenvalue weighted by Crippen LogP contribution is -2.34. The normalized spacial score (nSPS) is 18.0. The molecule has 2 heterocycles. The van der Waals surface area contributed by atoms with Crippen molar-refractivity contribution < 1.29 is 23.5 Å². The third-order valence-electron chi connectivity index (χ3n) is 6.08. The minimum atomic E-state index is -1.07. The molecule has 0 aromatic heterocycles. The van der Waals surface area contributed by atoms with Gasteiger partial charge in [0, 0.05) is 33.0 Å². The molecular weight excluding hydrogens is 478 g/mol. The molecule has 2 atom stereocenters. The number of carbonyl (C=O) groups is 2. The maximum Gasteiger partial charge on any atom is 0.326 e. The van der Waals surface area contributed by atoms with E-state index in [1.165, 1.54) is 41.3 Å². The Morgan fingerprint density at radius 3 is 2.63 bits per heavy atom. The van der Waals surface area contributed by atoms with E-state index in [2.05, 4.69) is 10.6 Å². The number of hydrogen-bond donors (Lipinski definition) is 3. The molecule has 0 fully saturated rings.